The fourth-order valence-electron chi connectivity index (χ4n) is 2.93. The fraction of sp³-hybridized carbons (Fsp3) is 0.250. The smallest absolute Gasteiger partial charge is 0.330 e. The predicted molar refractivity (Wildman–Crippen MR) is 111 cm³/mol. The Morgan fingerprint density at radius 3 is 1.59 bits per heavy atom. The lowest BCUT2D eigenvalue weighted by Crippen LogP contribution is -2.22. The lowest BCUT2D eigenvalue weighted by atomic mass is 10.2. The average molecular weight is 392 g/mol. The summed E-state index contributed by atoms with van der Waals surface area (Å²) in [5.74, 6) is -0.809. The second-order valence-corrected chi connectivity index (χ2v) is 6.71. The lowest BCUT2D eigenvalue weighted by Gasteiger charge is -2.13. The standard InChI is InChI=1S/C24H24O5/c25-23(15-11-19-7-3-1-4-8-19)27-17-21-13-14-22(29-21)18-28-24(26)16-12-20-9-5-2-6-10-20/h1-12,15-16,21-22H,13-14,17-18H2. The molecule has 0 aliphatic carbocycles. The van der Waals surface area contributed by atoms with Gasteiger partial charge in [-0.3, -0.25) is 0 Å². The zero-order valence-electron chi connectivity index (χ0n) is 16.1. The van der Waals surface area contributed by atoms with E-state index in [2.05, 4.69) is 0 Å². The topological polar surface area (TPSA) is 61.8 Å². The zero-order chi connectivity index (χ0) is 20.3. The maximum Gasteiger partial charge on any atom is 0.330 e. The van der Waals surface area contributed by atoms with Gasteiger partial charge in [-0.15, -0.1) is 0 Å². The van der Waals surface area contributed by atoms with Crippen LogP contribution in [0.25, 0.3) is 12.2 Å². The Hall–Kier alpha value is -3.18. The first-order valence-corrected chi connectivity index (χ1v) is 9.64. The molecule has 29 heavy (non-hydrogen) atoms. The molecule has 150 valence electrons. The van der Waals surface area contributed by atoms with Crippen LogP contribution in [-0.4, -0.2) is 37.4 Å². The molecule has 3 rings (SSSR count). The molecule has 0 spiro atoms. The van der Waals surface area contributed by atoms with Crippen LogP contribution in [0.1, 0.15) is 24.0 Å². The molecule has 2 unspecified atom stereocenters. The number of ether oxygens (including phenoxy) is 3. The Labute approximate surface area is 170 Å². The minimum absolute atomic E-state index is 0.173. The molecule has 5 nitrogen and oxygen atoms in total. The van der Waals surface area contributed by atoms with Gasteiger partial charge in [-0.05, 0) is 36.1 Å². The highest BCUT2D eigenvalue weighted by atomic mass is 16.6. The van der Waals surface area contributed by atoms with Crippen LogP contribution < -0.4 is 0 Å². The second kappa shape index (κ2) is 11.0. The molecule has 0 N–H and O–H groups in total. The molecule has 1 heterocycles. The van der Waals surface area contributed by atoms with E-state index < -0.39 is 11.9 Å². The summed E-state index contributed by atoms with van der Waals surface area (Å²) in [6.07, 6.45) is 7.41. The number of esters is 2. The molecular formula is C24H24O5. The van der Waals surface area contributed by atoms with Crippen molar-refractivity contribution in [2.75, 3.05) is 13.2 Å². The van der Waals surface area contributed by atoms with Crippen LogP contribution in [0.5, 0.6) is 0 Å². The van der Waals surface area contributed by atoms with E-state index in [1.165, 1.54) is 12.2 Å². The highest BCUT2D eigenvalue weighted by Crippen LogP contribution is 2.20. The van der Waals surface area contributed by atoms with E-state index in [1.54, 1.807) is 12.2 Å². The largest absolute Gasteiger partial charge is 0.460 e. The van der Waals surface area contributed by atoms with Crippen LogP contribution >= 0.6 is 0 Å². The van der Waals surface area contributed by atoms with Gasteiger partial charge in [0.05, 0.1) is 12.2 Å². The van der Waals surface area contributed by atoms with Gasteiger partial charge in [-0.25, -0.2) is 9.59 Å². The van der Waals surface area contributed by atoms with Crippen molar-refractivity contribution in [3.05, 3.63) is 83.9 Å². The van der Waals surface area contributed by atoms with Crippen molar-refractivity contribution in [2.24, 2.45) is 0 Å². The highest BCUT2D eigenvalue weighted by molar-refractivity contribution is 5.87. The van der Waals surface area contributed by atoms with Gasteiger partial charge in [-0.1, -0.05) is 60.7 Å². The van der Waals surface area contributed by atoms with Gasteiger partial charge in [0.2, 0.25) is 0 Å². The van der Waals surface area contributed by atoms with Crippen molar-refractivity contribution in [2.45, 2.75) is 25.0 Å². The van der Waals surface area contributed by atoms with Gasteiger partial charge in [0, 0.05) is 12.2 Å². The molecule has 0 radical (unpaired) electrons. The molecule has 5 heteroatoms. The molecule has 2 aromatic carbocycles. The Morgan fingerprint density at radius 1 is 0.759 bits per heavy atom. The molecule has 1 fully saturated rings. The number of hydrogen-bond acceptors (Lipinski definition) is 5. The minimum atomic E-state index is -0.404. The summed E-state index contributed by atoms with van der Waals surface area (Å²) in [7, 11) is 0. The van der Waals surface area contributed by atoms with Crippen molar-refractivity contribution in [3.63, 3.8) is 0 Å². The molecule has 1 saturated heterocycles. The van der Waals surface area contributed by atoms with Crippen molar-refractivity contribution < 1.29 is 23.8 Å². The third-order valence-corrected chi connectivity index (χ3v) is 4.44. The first kappa shape index (κ1) is 20.6. The maximum atomic E-state index is 11.8. The maximum absolute atomic E-state index is 11.8. The molecule has 1 aliphatic heterocycles. The summed E-state index contributed by atoms with van der Waals surface area (Å²) in [4.78, 5) is 23.6. The Morgan fingerprint density at radius 2 is 1.17 bits per heavy atom. The first-order chi connectivity index (χ1) is 14.2. The van der Waals surface area contributed by atoms with Gasteiger partial charge < -0.3 is 14.2 Å². The van der Waals surface area contributed by atoms with E-state index in [1.807, 2.05) is 60.7 Å². The van der Waals surface area contributed by atoms with Crippen LogP contribution in [0, 0.1) is 0 Å². The molecule has 0 amide bonds. The molecule has 0 saturated carbocycles. The van der Waals surface area contributed by atoms with Crippen molar-refractivity contribution in [3.8, 4) is 0 Å². The highest BCUT2D eigenvalue weighted by Gasteiger charge is 2.27. The van der Waals surface area contributed by atoms with Crippen molar-refractivity contribution >= 4 is 24.1 Å². The quantitative estimate of drug-likeness (QED) is 0.501. The zero-order valence-corrected chi connectivity index (χ0v) is 16.1. The SMILES string of the molecule is O=C(C=Cc1ccccc1)OCC1CCC(COC(=O)C=Cc2ccccc2)O1. The Balaban J connectivity index is 1.32. The van der Waals surface area contributed by atoms with E-state index in [0.717, 1.165) is 24.0 Å². The Bertz CT molecular complexity index is 771. The van der Waals surface area contributed by atoms with E-state index in [4.69, 9.17) is 14.2 Å². The second-order valence-electron chi connectivity index (χ2n) is 6.71. The summed E-state index contributed by atoms with van der Waals surface area (Å²) in [6, 6.07) is 19.1. The van der Waals surface area contributed by atoms with Crippen LogP contribution in [0.4, 0.5) is 0 Å². The van der Waals surface area contributed by atoms with Crippen molar-refractivity contribution in [1.29, 1.82) is 0 Å². The molecule has 0 aromatic heterocycles. The number of carbonyl (C=O) groups is 2. The third-order valence-electron chi connectivity index (χ3n) is 4.44. The van der Waals surface area contributed by atoms with Crippen molar-refractivity contribution in [1.82, 2.24) is 0 Å². The van der Waals surface area contributed by atoms with E-state index >= 15 is 0 Å². The molecule has 0 bridgehead atoms. The Kier molecular flexibility index (Phi) is 7.78. The van der Waals surface area contributed by atoms with Gasteiger partial charge in [-0.2, -0.15) is 0 Å². The van der Waals surface area contributed by atoms with Crippen LogP contribution in [0.3, 0.4) is 0 Å². The summed E-state index contributed by atoms with van der Waals surface area (Å²) < 4.78 is 16.3. The first-order valence-electron chi connectivity index (χ1n) is 9.64. The van der Waals surface area contributed by atoms with Crippen LogP contribution in [0.2, 0.25) is 0 Å². The summed E-state index contributed by atoms with van der Waals surface area (Å²) in [6.45, 7) is 0.382. The van der Waals surface area contributed by atoms with E-state index in [0.29, 0.717) is 0 Å². The third kappa shape index (κ3) is 7.39. The molecular weight excluding hydrogens is 368 g/mol. The number of hydrogen-bond donors (Lipinski definition) is 0. The number of carbonyl (C=O) groups excluding carboxylic acids is 2. The normalized spacial score (nSPS) is 18.9. The van der Waals surface area contributed by atoms with E-state index in [-0.39, 0.29) is 25.4 Å². The number of rotatable bonds is 8. The predicted octanol–water partition coefficient (Wildman–Crippen LogP) is 4.05. The van der Waals surface area contributed by atoms with E-state index in [9.17, 15) is 9.59 Å². The van der Waals surface area contributed by atoms with Gasteiger partial charge in [0.15, 0.2) is 0 Å². The van der Waals surface area contributed by atoms with Gasteiger partial charge in [0.25, 0.3) is 0 Å². The fourth-order valence-corrected chi connectivity index (χ4v) is 2.93. The molecule has 2 aromatic rings. The molecule has 2 atom stereocenters. The molecule has 1 aliphatic rings. The van der Waals surface area contributed by atoms with Gasteiger partial charge in [0.1, 0.15) is 13.2 Å². The van der Waals surface area contributed by atoms with Crippen LogP contribution in [-0.2, 0) is 23.8 Å². The van der Waals surface area contributed by atoms with Gasteiger partial charge >= 0.3 is 11.9 Å². The average Bonchev–Trinajstić information content (AvgIpc) is 3.23. The monoisotopic (exact) mass is 392 g/mol. The number of benzene rings is 2. The van der Waals surface area contributed by atoms with Crippen LogP contribution in [0.15, 0.2) is 72.8 Å². The minimum Gasteiger partial charge on any atom is -0.460 e. The summed E-state index contributed by atoms with van der Waals surface area (Å²) in [5, 5.41) is 0. The summed E-state index contributed by atoms with van der Waals surface area (Å²) >= 11 is 0. The summed E-state index contributed by atoms with van der Waals surface area (Å²) in [5.41, 5.74) is 1.87. The lowest BCUT2D eigenvalue weighted by molar-refractivity contribution is -0.144.